The molecule has 0 bridgehead atoms. The predicted molar refractivity (Wildman–Crippen MR) is 99.3 cm³/mol. The molecule has 0 spiro atoms. The van der Waals surface area contributed by atoms with Crippen LogP contribution in [-0.4, -0.2) is 24.3 Å². The van der Waals surface area contributed by atoms with Crippen molar-refractivity contribution in [3.05, 3.63) is 71.8 Å². The fourth-order valence-corrected chi connectivity index (χ4v) is 3.43. The zero-order valence-corrected chi connectivity index (χ0v) is 14.6. The average Bonchev–Trinajstić information content (AvgIpc) is 2.92. The highest BCUT2D eigenvalue weighted by molar-refractivity contribution is 6.18. The van der Waals surface area contributed by atoms with Crippen molar-refractivity contribution < 1.29 is 19.1 Å². The molecule has 1 heterocycles. The Kier molecular flexibility index (Phi) is 3.76. The Morgan fingerprint density at radius 1 is 1.04 bits per heavy atom. The van der Waals surface area contributed by atoms with Crippen molar-refractivity contribution >= 4 is 22.3 Å². The Hall–Kier alpha value is -3.14. The number of methoxy groups -OCH3 is 1. The molecule has 0 amide bonds. The normalized spacial score (nSPS) is 18.5. The number of hydrogen-bond acceptors (Lipinski definition) is 4. The number of Topliss-reactive ketones (excluding diaryl/α,β-unsaturated/α-hetero) is 2. The highest BCUT2D eigenvalue weighted by atomic mass is 16.5. The molecule has 1 aliphatic rings. The summed E-state index contributed by atoms with van der Waals surface area (Å²) in [7, 11) is 1.57. The predicted octanol–water partition coefficient (Wildman–Crippen LogP) is 4.46. The molecule has 1 aliphatic heterocycles. The fourth-order valence-electron chi connectivity index (χ4n) is 3.43. The van der Waals surface area contributed by atoms with Crippen LogP contribution >= 0.6 is 0 Å². The lowest BCUT2D eigenvalue weighted by molar-refractivity contribution is 0.0554. The van der Waals surface area contributed by atoms with Crippen LogP contribution in [0, 0.1) is 0 Å². The summed E-state index contributed by atoms with van der Waals surface area (Å²) in [5.41, 5.74) is -0.0962. The van der Waals surface area contributed by atoms with Gasteiger partial charge in [-0.3, -0.25) is 9.59 Å². The number of fused-ring (bicyclic) bond motifs is 3. The van der Waals surface area contributed by atoms with Crippen LogP contribution in [0.2, 0.25) is 0 Å². The van der Waals surface area contributed by atoms with Crippen molar-refractivity contribution in [1.82, 2.24) is 0 Å². The Labute approximate surface area is 151 Å². The second-order valence-electron chi connectivity index (χ2n) is 6.65. The van der Waals surface area contributed by atoms with Gasteiger partial charge in [0.1, 0.15) is 11.5 Å². The van der Waals surface area contributed by atoms with E-state index in [1.807, 2.05) is 30.3 Å². The Balaban J connectivity index is 1.65. The zero-order chi connectivity index (χ0) is 18.3. The van der Waals surface area contributed by atoms with Gasteiger partial charge in [0.2, 0.25) is 5.78 Å². The number of carbonyl (C=O) groups is 2. The lowest BCUT2D eigenvalue weighted by atomic mass is 9.88. The first-order valence-electron chi connectivity index (χ1n) is 8.45. The first-order chi connectivity index (χ1) is 12.5. The number of hydrogen-bond donors (Lipinski definition) is 0. The molecule has 1 unspecified atom stereocenters. The molecule has 26 heavy (non-hydrogen) atoms. The summed E-state index contributed by atoms with van der Waals surface area (Å²) in [6.45, 7) is 1.69. The third-order valence-electron chi connectivity index (χ3n) is 4.84. The van der Waals surface area contributed by atoms with Gasteiger partial charge in [-0.15, -0.1) is 0 Å². The summed E-state index contributed by atoms with van der Waals surface area (Å²) in [5.74, 6) is 0.935. The maximum Gasteiger partial charge on any atom is 0.210 e. The minimum absolute atomic E-state index is 0.0127. The lowest BCUT2D eigenvalue weighted by Crippen LogP contribution is -2.38. The van der Waals surface area contributed by atoms with Crippen LogP contribution < -0.4 is 9.47 Å². The Bertz CT molecular complexity index is 1020. The summed E-state index contributed by atoms with van der Waals surface area (Å²) < 4.78 is 11.1. The van der Waals surface area contributed by atoms with E-state index in [0.29, 0.717) is 22.6 Å². The van der Waals surface area contributed by atoms with Crippen LogP contribution in [0.5, 0.6) is 11.5 Å². The maximum absolute atomic E-state index is 13.1. The quantitative estimate of drug-likeness (QED) is 0.655. The molecule has 4 rings (SSSR count). The van der Waals surface area contributed by atoms with Crippen LogP contribution in [-0.2, 0) is 0 Å². The first kappa shape index (κ1) is 16.3. The second kappa shape index (κ2) is 5.99. The molecule has 0 N–H and O–H groups in total. The van der Waals surface area contributed by atoms with E-state index in [1.54, 1.807) is 44.4 Å². The molecule has 0 saturated heterocycles. The van der Waals surface area contributed by atoms with Gasteiger partial charge in [-0.25, -0.2) is 0 Å². The number of benzene rings is 3. The molecule has 4 heteroatoms. The first-order valence-corrected chi connectivity index (χ1v) is 8.45. The van der Waals surface area contributed by atoms with E-state index in [4.69, 9.17) is 9.47 Å². The fraction of sp³-hybridized carbons (Fsp3) is 0.182. The molecule has 0 aromatic heterocycles. The molecule has 4 nitrogen and oxygen atoms in total. The van der Waals surface area contributed by atoms with Crippen molar-refractivity contribution in [2.45, 2.75) is 18.9 Å². The van der Waals surface area contributed by atoms with Crippen molar-refractivity contribution in [3.8, 4) is 11.5 Å². The van der Waals surface area contributed by atoms with Gasteiger partial charge in [0.25, 0.3) is 0 Å². The molecule has 130 valence electrons. The molecule has 1 atom stereocenters. The summed E-state index contributed by atoms with van der Waals surface area (Å²) in [5, 5.41) is 1.84. The highest BCUT2D eigenvalue weighted by Gasteiger charge is 2.46. The summed E-state index contributed by atoms with van der Waals surface area (Å²) >= 11 is 0. The van der Waals surface area contributed by atoms with Gasteiger partial charge in [0.15, 0.2) is 11.4 Å². The van der Waals surface area contributed by atoms with Crippen molar-refractivity contribution in [1.29, 1.82) is 0 Å². The molecule has 3 aromatic rings. The zero-order valence-electron chi connectivity index (χ0n) is 14.6. The maximum atomic E-state index is 13.1. The number of ether oxygens (including phenoxy) is 2. The summed E-state index contributed by atoms with van der Waals surface area (Å²) in [6, 6.07) is 18.3. The van der Waals surface area contributed by atoms with E-state index in [-0.39, 0.29) is 18.0 Å². The van der Waals surface area contributed by atoms with Gasteiger partial charge in [0, 0.05) is 5.56 Å². The lowest BCUT2D eigenvalue weighted by Gasteiger charge is -2.21. The van der Waals surface area contributed by atoms with Crippen molar-refractivity contribution in [2.24, 2.45) is 0 Å². The third-order valence-corrected chi connectivity index (χ3v) is 4.84. The van der Waals surface area contributed by atoms with Crippen LogP contribution in [0.1, 0.15) is 34.1 Å². The molecular weight excluding hydrogens is 328 g/mol. The smallest absolute Gasteiger partial charge is 0.210 e. The number of ketones is 2. The van der Waals surface area contributed by atoms with E-state index >= 15 is 0 Å². The SMILES string of the molecule is COc1ccc(C(=O)CC2(C)Oc3ccc4ccccc4c3C2=O)cc1. The highest BCUT2D eigenvalue weighted by Crippen LogP contribution is 2.41. The monoisotopic (exact) mass is 346 g/mol. The summed E-state index contributed by atoms with van der Waals surface area (Å²) in [6.07, 6.45) is -0.0127. The van der Waals surface area contributed by atoms with E-state index in [9.17, 15) is 9.59 Å². The van der Waals surface area contributed by atoms with Gasteiger partial charge in [-0.2, -0.15) is 0 Å². The molecule has 3 aromatic carbocycles. The minimum atomic E-state index is -1.19. The average molecular weight is 346 g/mol. The van der Waals surface area contributed by atoms with Gasteiger partial charge in [-0.05, 0) is 48.0 Å². The third kappa shape index (κ3) is 2.54. The van der Waals surface area contributed by atoms with Gasteiger partial charge in [0.05, 0.1) is 19.1 Å². The topological polar surface area (TPSA) is 52.6 Å². The summed E-state index contributed by atoms with van der Waals surface area (Å²) in [4.78, 5) is 25.8. The van der Waals surface area contributed by atoms with Crippen molar-refractivity contribution in [3.63, 3.8) is 0 Å². The van der Waals surface area contributed by atoms with E-state index in [0.717, 1.165) is 10.8 Å². The Morgan fingerprint density at radius 2 is 1.77 bits per heavy atom. The van der Waals surface area contributed by atoms with Crippen LogP contribution in [0.3, 0.4) is 0 Å². The van der Waals surface area contributed by atoms with Crippen LogP contribution in [0.25, 0.3) is 10.8 Å². The largest absolute Gasteiger partial charge is 0.497 e. The van der Waals surface area contributed by atoms with Gasteiger partial charge >= 0.3 is 0 Å². The second-order valence-corrected chi connectivity index (χ2v) is 6.65. The van der Waals surface area contributed by atoms with Gasteiger partial charge in [-0.1, -0.05) is 30.3 Å². The molecule has 0 radical (unpaired) electrons. The number of rotatable bonds is 4. The van der Waals surface area contributed by atoms with Crippen LogP contribution in [0.15, 0.2) is 60.7 Å². The van der Waals surface area contributed by atoms with E-state index in [1.165, 1.54) is 0 Å². The molecular formula is C22H18O4. The van der Waals surface area contributed by atoms with Crippen molar-refractivity contribution in [2.75, 3.05) is 7.11 Å². The van der Waals surface area contributed by atoms with Gasteiger partial charge < -0.3 is 9.47 Å². The van der Waals surface area contributed by atoms with E-state index < -0.39 is 5.60 Å². The molecule has 0 saturated carbocycles. The molecule has 0 fully saturated rings. The molecule has 0 aliphatic carbocycles. The number of carbonyl (C=O) groups excluding carboxylic acids is 2. The standard InChI is InChI=1S/C22H18O4/c1-22(13-18(23)15-7-10-16(25-2)11-8-15)21(24)20-17-6-4-3-5-14(17)9-12-19(20)26-22/h3-12H,13H2,1-2H3. The van der Waals surface area contributed by atoms with Crippen LogP contribution in [0.4, 0.5) is 0 Å². The minimum Gasteiger partial charge on any atom is -0.497 e. The van der Waals surface area contributed by atoms with E-state index in [2.05, 4.69) is 0 Å². The Morgan fingerprint density at radius 3 is 2.50 bits per heavy atom.